The molecule has 0 radical (unpaired) electrons. The van der Waals surface area contributed by atoms with Crippen LogP contribution in [0.5, 0.6) is 5.75 Å². The Labute approximate surface area is 157 Å². The molecule has 1 saturated carbocycles. The molecule has 3 heterocycles. The topological polar surface area (TPSA) is 69.0 Å². The molecule has 27 heavy (non-hydrogen) atoms. The highest BCUT2D eigenvalue weighted by atomic mass is 32.1. The fourth-order valence-corrected chi connectivity index (χ4v) is 4.15. The summed E-state index contributed by atoms with van der Waals surface area (Å²) in [5, 5.41) is 4.32. The third-order valence-corrected chi connectivity index (χ3v) is 5.71. The van der Waals surface area contributed by atoms with Crippen LogP contribution in [0.4, 0.5) is 10.1 Å². The van der Waals surface area contributed by atoms with Gasteiger partial charge in [0.2, 0.25) is 0 Å². The molecular formula is C19H15FN4O2S. The maximum Gasteiger partial charge on any atom is 0.276 e. The lowest BCUT2D eigenvalue weighted by atomic mass is 10.2. The number of nitrogens with one attached hydrogen (secondary N) is 1. The van der Waals surface area contributed by atoms with Crippen LogP contribution in [-0.4, -0.2) is 27.7 Å². The number of methoxy groups -OCH3 is 1. The van der Waals surface area contributed by atoms with E-state index in [2.05, 4.69) is 15.3 Å². The highest BCUT2D eigenvalue weighted by molar-refractivity contribution is 7.25. The Morgan fingerprint density at radius 1 is 1.30 bits per heavy atom. The monoisotopic (exact) mass is 382 g/mol. The number of pyridine rings is 1. The summed E-state index contributed by atoms with van der Waals surface area (Å²) in [5.74, 6) is -0.159. The molecule has 1 N–H and O–H groups in total. The van der Waals surface area contributed by atoms with Crippen LogP contribution in [0.15, 0.2) is 41.6 Å². The molecular weight excluding hydrogens is 367 g/mol. The highest BCUT2D eigenvalue weighted by Gasteiger charge is 2.23. The number of hydrogen-bond donors (Lipinski definition) is 1. The Morgan fingerprint density at radius 2 is 2.15 bits per heavy atom. The second kappa shape index (κ2) is 6.02. The Kier molecular flexibility index (Phi) is 3.61. The normalized spacial score (nSPS) is 14.0. The molecule has 0 saturated heterocycles. The average molecular weight is 382 g/mol. The first-order valence-corrected chi connectivity index (χ1v) is 9.36. The number of halogens is 1. The molecule has 1 fully saturated rings. The van der Waals surface area contributed by atoms with Crippen LogP contribution >= 0.6 is 11.3 Å². The number of benzene rings is 1. The molecule has 0 bridgehead atoms. The minimum Gasteiger partial charge on any atom is -0.497 e. The summed E-state index contributed by atoms with van der Waals surface area (Å²) in [6, 6.07) is 6.74. The minimum absolute atomic E-state index is 0.136. The summed E-state index contributed by atoms with van der Waals surface area (Å²) in [6.07, 6.45) is 5.38. The average Bonchev–Trinajstić information content (AvgIpc) is 3.40. The maximum atomic E-state index is 14.4. The van der Waals surface area contributed by atoms with Gasteiger partial charge in [0, 0.05) is 24.0 Å². The van der Waals surface area contributed by atoms with Crippen molar-refractivity contribution in [3.63, 3.8) is 0 Å². The first kappa shape index (κ1) is 16.2. The maximum absolute atomic E-state index is 14.4. The summed E-state index contributed by atoms with van der Waals surface area (Å²) in [4.78, 5) is 22.6. The molecule has 6 nitrogen and oxygen atoms in total. The summed E-state index contributed by atoms with van der Waals surface area (Å²) in [5.41, 5.74) is 1.36. The molecule has 0 atom stereocenters. The molecule has 136 valence electrons. The van der Waals surface area contributed by atoms with E-state index in [-0.39, 0.29) is 11.2 Å². The van der Waals surface area contributed by atoms with Gasteiger partial charge in [0.25, 0.3) is 5.56 Å². The molecule has 1 aliphatic carbocycles. The Morgan fingerprint density at radius 3 is 2.89 bits per heavy atom. The van der Waals surface area contributed by atoms with Gasteiger partial charge in [-0.2, -0.15) is 0 Å². The molecule has 8 heteroatoms. The van der Waals surface area contributed by atoms with Crippen molar-refractivity contribution >= 4 is 37.5 Å². The lowest BCUT2D eigenvalue weighted by Gasteiger charge is -2.08. The van der Waals surface area contributed by atoms with Crippen molar-refractivity contribution in [2.24, 2.45) is 0 Å². The molecule has 3 aromatic heterocycles. The van der Waals surface area contributed by atoms with Gasteiger partial charge in [-0.3, -0.25) is 9.36 Å². The van der Waals surface area contributed by atoms with Crippen molar-refractivity contribution in [3.05, 3.63) is 53.0 Å². The predicted molar refractivity (Wildman–Crippen MR) is 104 cm³/mol. The van der Waals surface area contributed by atoms with E-state index >= 15 is 0 Å². The molecule has 0 unspecified atom stereocenters. The van der Waals surface area contributed by atoms with E-state index in [0.717, 1.165) is 28.7 Å². The number of hydrogen-bond acceptors (Lipinski definition) is 6. The largest absolute Gasteiger partial charge is 0.497 e. The fraction of sp³-hybridized carbons (Fsp3) is 0.211. The molecule has 1 aliphatic rings. The molecule has 0 aliphatic heterocycles. The summed E-state index contributed by atoms with van der Waals surface area (Å²) in [7, 11) is 1.46. The standard InChI is InChI=1S/C19H15FN4O2S/c1-26-11-4-5-14(12(20)8-11)24-9-22-16-15-13(23-10-2-3-10)6-7-21-18(15)27-17(16)19(24)25/h4-10H,2-3H2,1H3,(H,21,23). The number of fused-ring (bicyclic) bond motifs is 3. The van der Waals surface area contributed by atoms with Gasteiger partial charge < -0.3 is 10.1 Å². The Balaban J connectivity index is 1.72. The van der Waals surface area contributed by atoms with Crippen LogP contribution in [0.1, 0.15) is 12.8 Å². The second-order valence-corrected chi connectivity index (χ2v) is 7.47. The van der Waals surface area contributed by atoms with E-state index in [9.17, 15) is 9.18 Å². The molecule has 5 rings (SSSR count). The quantitative estimate of drug-likeness (QED) is 0.583. The second-order valence-electron chi connectivity index (χ2n) is 6.47. The smallest absolute Gasteiger partial charge is 0.276 e. The van der Waals surface area contributed by atoms with E-state index in [0.29, 0.717) is 22.0 Å². The summed E-state index contributed by atoms with van der Waals surface area (Å²) >= 11 is 1.28. The van der Waals surface area contributed by atoms with E-state index < -0.39 is 5.82 Å². The SMILES string of the molecule is COc1ccc(-n2cnc3c(sc4nccc(NC5CC5)c43)c2=O)c(F)c1. The number of anilines is 1. The predicted octanol–water partition coefficient (Wildman–Crippen LogP) is 3.72. The zero-order chi connectivity index (χ0) is 18.5. The third kappa shape index (κ3) is 2.64. The summed E-state index contributed by atoms with van der Waals surface area (Å²) < 4.78 is 21.1. The van der Waals surface area contributed by atoms with Crippen LogP contribution in [0, 0.1) is 5.82 Å². The minimum atomic E-state index is -0.548. The number of rotatable bonds is 4. The van der Waals surface area contributed by atoms with Gasteiger partial charge in [0.05, 0.1) is 23.7 Å². The Hall–Kier alpha value is -3.00. The van der Waals surface area contributed by atoms with E-state index in [1.165, 1.54) is 41.5 Å². The van der Waals surface area contributed by atoms with Gasteiger partial charge in [-0.15, -0.1) is 11.3 Å². The molecule has 4 aromatic rings. The molecule has 0 amide bonds. The zero-order valence-electron chi connectivity index (χ0n) is 14.4. The first-order chi connectivity index (χ1) is 13.2. The lowest BCUT2D eigenvalue weighted by Crippen LogP contribution is -2.18. The first-order valence-electron chi connectivity index (χ1n) is 8.55. The molecule has 0 spiro atoms. The van der Waals surface area contributed by atoms with Crippen LogP contribution in [-0.2, 0) is 0 Å². The van der Waals surface area contributed by atoms with E-state index in [4.69, 9.17) is 4.74 Å². The number of thiophene rings is 1. The van der Waals surface area contributed by atoms with Gasteiger partial charge in [0.15, 0.2) is 5.82 Å². The number of ether oxygens (including phenoxy) is 1. The van der Waals surface area contributed by atoms with Crippen LogP contribution in [0.25, 0.3) is 26.1 Å². The third-order valence-electron chi connectivity index (χ3n) is 4.63. The van der Waals surface area contributed by atoms with Crippen molar-refractivity contribution in [2.75, 3.05) is 12.4 Å². The lowest BCUT2D eigenvalue weighted by molar-refractivity contribution is 0.411. The van der Waals surface area contributed by atoms with Crippen molar-refractivity contribution in [2.45, 2.75) is 18.9 Å². The number of aromatic nitrogens is 3. The van der Waals surface area contributed by atoms with Crippen LogP contribution < -0.4 is 15.6 Å². The van der Waals surface area contributed by atoms with Crippen LogP contribution in [0.2, 0.25) is 0 Å². The van der Waals surface area contributed by atoms with Gasteiger partial charge in [-0.1, -0.05) is 0 Å². The van der Waals surface area contributed by atoms with Crippen molar-refractivity contribution < 1.29 is 9.13 Å². The van der Waals surface area contributed by atoms with Crippen molar-refractivity contribution in [1.29, 1.82) is 0 Å². The fourth-order valence-electron chi connectivity index (χ4n) is 3.10. The van der Waals surface area contributed by atoms with Gasteiger partial charge >= 0.3 is 0 Å². The number of nitrogens with zero attached hydrogens (tertiary/aromatic N) is 3. The van der Waals surface area contributed by atoms with Crippen molar-refractivity contribution in [3.8, 4) is 11.4 Å². The Bertz CT molecular complexity index is 1250. The van der Waals surface area contributed by atoms with E-state index in [1.807, 2.05) is 6.07 Å². The molecule has 1 aromatic carbocycles. The van der Waals surface area contributed by atoms with Gasteiger partial charge in [0.1, 0.15) is 21.6 Å². The summed E-state index contributed by atoms with van der Waals surface area (Å²) in [6.45, 7) is 0. The highest BCUT2D eigenvalue weighted by Crippen LogP contribution is 2.36. The van der Waals surface area contributed by atoms with E-state index in [1.54, 1.807) is 12.3 Å². The van der Waals surface area contributed by atoms with Gasteiger partial charge in [-0.05, 0) is 31.0 Å². The van der Waals surface area contributed by atoms with Crippen LogP contribution in [0.3, 0.4) is 0 Å². The zero-order valence-corrected chi connectivity index (χ0v) is 15.2. The van der Waals surface area contributed by atoms with Gasteiger partial charge in [-0.25, -0.2) is 14.4 Å². The van der Waals surface area contributed by atoms with Crippen molar-refractivity contribution in [1.82, 2.24) is 14.5 Å².